The van der Waals surface area contributed by atoms with Crippen LogP contribution in [0.1, 0.15) is 48.1 Å². The number of hydrogen-bond acceptors (Lipinski definition) is 7. The number of ether oxygens (including phenoxy) is 2. The van der Waals surface area contributed by atoms with Gasteiger partial charge in [-0.25, -0.2) is 0 Å². The molecule has 2 aromatic heterocycles. The topological polar surface area (TPSA) is 124 Å². The molecule has 12 heteroatoms. The van der Waals surface area contributed by atoms with Crippen molar-refractivity contribution < 1.29 is 19.2 Å². The van der Waals surface area contributed by atoms with Crippen molar-refractivity contribution in [3.8, 4) is 17.2 Å². The first-order valence-corrected chi connectivity index (χ1v) is 14.1. The van der Waals surface area contributed by atoms with Gasteiger partial charge in [0.25, 0.3) is 5.69 Å². The number of methoxy groups -OCH3 is 2. The summed E-state index contributed by atoms with van der Waals surface area (Å²) in [5.41, 5.74) is 5.30. The molecule has 11 nitrogen and oxygen atoms in total. The molecule has 0 spiro atoms. The lowest BCUT2D eigenvalue weighted by molar-refractivity contribution is -0.384. The molecule has 222 valence electrons. The number of thiocarbonyl (C=S) groups is 1. The maximum absolute atomic E-state index is 12.1. The highest BCUT2D eigenvalue weighted by molar-refractivity contribution is 7.80. The molecule has 5 rings (SSSR count). The molecule has 0 radical (unpaired) electrons. The summed E-state index contributed by atoms with van der Waals surface area (Å²) in [7, 11) is 3.09. The van der Waals surface area contributed by atoms with E-state index < -0.39 is 4.92 Å². The minimum Gasteiger partial charge on any atom is -0.495 e. The van der Waals surface area contributed by atoms with E-state index in [0.717, 1.165) is 28.3 Å². The number of nitro benzene ring substituents is 1. The van der Waals surface area contributed by atoms with Crippen LogP contribution in [-0.4, -0.2) is 39.7 Å². The minimum absolute atomic E-state index is 0.0381. The van der Waals surface area contributed by atoms with Gasteiger partial charge in [-0.05, 0) is 68.0 Å². The third-order valence-corrected chi connectivity index (χ3v) is 7.87. The van der Waals surface area contributed by atoms with Gasteiger partial charge >= 0.3 is 0 Å². The van der Waals surface area contributed by atoms with E-state index in [4.69, 9.17) is 21.7 Å². The molecule has 1 aliphatic heterocycles. The first-order chi connectivity index (χ1) is 20.7. The summed E-state index contributed by atoms with van der Waals surface area (Å²) in [6.45, 7) is 5.70. The van der Waals surface area contributed by atoms with Gasteiger partial charge in [-0.1, -0.05) is 13.0 Å². The lowest BCUT2D eigenvalue weighted by atomic mass is 9.96. The first kappa shape index (κ1) is 29.5. The van der Waals surface area contributed by atoms with E-state index in [-0.39, 0.29) is 23.7 Å². The van der Waals surface area contributed by atoms with Crippen molar-refractivity contribution in [3.05, 3.63) is 99.6 Å². The molecule has 4 aromatic rings. The summed E-state index contributed by atoms with van der Waals surface area (Å²) < 4.78 is 13.2. The number of carbonyl (C=O) groups excluding carboxylic acids is 1. The Balaban J connectivity index is 1.68. The number of nitrogens with one attached hydrogen (secondary N) is 2. The predicted octanol–water partition coefficient (Wildman–Crippen LogP) is 5.94. The molecule has 0 saturated carbocycles. The number of aromatic nitrogens is 2. The summed E-state index contributed by atoms with van der Waals surface area (Å²) in [6.07, 6.45) is 2.08. The van der Waals surface area contributed by atoms with E-state index in [1.165, 1.54) is 19.2 Å². The largest absolute Gasteiger partial charge is 0.495 e. The number of non-ortho nitro benzene ring substituents is 1. The van der Waals surface area contributed by atoms with Crippen LogP contribution in [0.15, 0.2) is 66.9 Å². The summed E-state index contributed by atoms with van der Waals surface area (Å²) in [4.78, 5) is 30.0. The lowest BCUT2D eigenvalue weighted by Crippen LogP contribution is -2.29. The van der Waals surface area contributed by atoms with Crippen molar-refractivity contribution in [1.82, 2.24) is 14.9 Å². The van der Waals surface area contributed by atoms with Crippen LogP contribution >= 0.6 is 12.2 Å². The van der Waals surface area contributed by atoms with Crippen LogP contribution in [0.4, 0.5) is 17.1 Å². The van der Waals surface area contributed by atoms with Gasteiger partial charge in [0.2, 0.25) is 5.91 Å². The van der Waals surface area contributed by atoms with Crippen LogP contribution in [0.2, 0.25) is 0 Å². The van der Waals surface area contributed by atoms with Crippen LogP contribution in [-0.2, 0) is 4.79 Å². The van der Waals surface area contributed by atoms with Gasteiger partial charge < -0.3 is 29.6 Å². The maximum atomic E-state index is 12.1. The molecule has 1 aliphatic rings. The fraction of sp³-hybridized carbons (Fsp3) is 0.258. The number of pyridine rings is 1. The molecule has 0 unspecified atom stereocenters. The third kappa shape index (κ3) is 5.48. The number of carbonyl (C=O) groups is 1. The van der Waals surface area contributed by atoms with E-state index in [1.54, 1.807) is 32.4 Å². The molecule has 1 saturated heterocycles. The van der Waals surface area contributed by atoms with Crippen LogP contribution in [0, 0.1) is 24.0 Å². The zero-order valence-electron chi connectivity index (χ0n) is 24.5. The monoisotopic (exact) mass is 600 g/mol. The van der Waals surface area contributed by atoms with E-state index >= 15 is 0 Å². The lowest BCUT2D eigenvalue weighted by Gasteiger charge is -2.29. The molecular formula is C31H32N6O5S. The highest BCUT2D eigenvalue weighted by Gasteiger charge is 2.42. The van der Waals surface area contributed by atoms with Crippen LogP contribution in [0.25, 0.3) is 5.69 Å². The molecule has 2 N–H and O–H groups in total. The molecule has 1 amide bonds. The van der Waals surface area contributed by atoms with Crippen LogP contribution in [0.5, 0.6) is 11.5 Å². The first-order valence-electron chi connectivity index (χ1n) is 13.7. The molecule has 2 aromatic carbocycles. The second-order valence-corrected chi connectivity index (χ2v) is 10.4. The average molecular weight is 601 g/mol. The van der Waals surface area contributed by atoms with Crippen molar-refractivity contribution in [1.29, 1.82) is 0 Å². The molecule has 43 heavy (non-hydrogen) atoms. The number of anilines is 2. The van der Waals surface area contributed by atoms with E-state index in [9.17, 15) is 14.9 Å². The van der Waals surface area contributed by atoms with E-state index in [1.807, 2.05) is 53.6 Å². The summed E-state index contributed by atoms with van der Waals surface area (Å²) in [5.74, 6) is 0.877. The van der Waals surface area contributed by atoms with Crippen LogP contribution < -0.4 is 25.0 Å². The predicted molar refractivity (Wildman–Crippen MR) is 168 cm³/mol. The van der Waals surface area contributed by atoms with Gasteiger partial charge in [-0.3, -0.25) is 19.9 Å². The van der Waals surface area contributed by atoms with Gasteiger partial charge in [0.05, 0.1) is 48.3 Å². The average Bonchev–Trinajstić information content (AvgIpc) is 3.51. The molecule has 1 fully saturated rings. The normalized spacial score (nSPS) is 16.1. The fourth-order valence-electron chi connectivity index (χ4n) is 5.55. The van der Waals surface area contributed by atoms with Gasteiger partial charge in [0, 0.05) is 47.9 Å². The van der Waals surface area contributed by atoms with Gasteiger partial charge in [-0.2, -0.15) is 0 Å². The minimum atomic E-state index is -0.420. The molecule has 0 bridgehead atoms. The second-order valence-electron chi connectivity index (χ2n) is 10.1. The quantitative estimate of drug-likeness (QED) is 0.136. The molecular weight excluding hydrogens is 568 g/mol. The van der Waals surface area contributed by atoms with Crippen molar-refractivity contribution in [3.63, 3.8) is 0 Å². The van der Waals surface area contributed by atoms with Gasteiger partial charge in [-0.15, -0.1) is 0 Å². The number of nitrogens with zero attached hydrogens (tertiary/aromatic N) is 4. The Morgan fingerprint density at radius 1 is 1.09 bits per heavy atom. The zero-order valence-corrected chi connectivity index (χ0v) is 25.3. The van der Waals surface area contributed by atoms with E-state index in [2.05, 4.69) is 21.7 Å². The number of hydrogen-bond donors (Lipinski definition) is 2. The molecule has 0 aliphatic carbocycles. The standard InChI is InChI=1S/C31H32N6O5S/c1-6-28(38)33-23-12-10-20(17-27(23)42-5)36-30(29(34-31(36)43)24-9-7-8-14-32-24)22-15-18(2)35(19(22)3)25-16-21(37(39)40)11-13-26(25)41-4/h7-17,29-30H,6H2,1-5H3,(H,33,38)(H,34,43)/t29-,30-/m1/s1. The van der Waals surface area contributed by atoms with Crippen molar-refractivity contribution >= 4 is 40.3 Å². The highest BCUT2D eigenvalue weighted by Crippen LogP contribution is 2.45. The summed E-state index contributed by atoms with van der Waals surface area (Å²) in [5, 5.41) is 18.5. The Bertz CT molecular complexity index is 1710. The Morgan fingerprint density at radius 2 is 1.86 bits per heavy atom. The molecule has 3 heterocycles. The summed E-state index contributed by atoms with van der Waals surface area (Å²) >= 11 is 5.91. The number of benzene rings is 2. The Hall–Kier alpha value is -4.97. The van der Waals surface area contributed by atoms with Crippen molar-refractivity contribution in [2.75, 3.05) is 24.4 Å². The fourth-order valence-corrected chi connectivity index (χ4v) is 5.89. The van der Waals surface area contributed by atoms with Gasteiger partial charge in [0.1, 0.15) is 11.5 Å². The number of aryl methyl sites for hydroxylation is 1. The van der Waals surface area contributed by atoms with Crippen LogP contribution in [0.3, 0.4) is 0 Å². The Labute approximate surface area is 254 Å². The third-order valence-electron chi connectivity index (χ3n) is 7.56. The highest BCUT2D eigenvalue weighted by atomic mass is 32.1. The number of nitro groups is 1. The maximum Gasteiger partial charge on any atom is 0.271 e. The zero-order chi connectivity index (χ0) is 30.8. The Morgan fingerprint density at radius 3 is 2.51 bits per heavy atom. The Kier molecular flexibility index (Phi) is 8.31. The molecule has 2 atom stereocenters. The smallest absolute Gasteiger partial charge is 0.271 e. The number of rotatable bonds is 9. The van der Waals surface area contributed by atoms with Crippen molar-refractivity contribution in [2.45, 2.75) is 39.3 Å². The van der Waals surface area contributed by atoms with Gasteiger partial charge in [0.15, 0.2) is 5.11 Å². The SMILES string of the molecule is CCC(=O)Nc1ccc(N2C(=S)N[C@H](c3ccccn3)[C@H]2c2cc(C)n(-c3cc([N+](=O)[O-])ccc3OC)c2C)cc1OC. The summed E-state index contributed by atoms with van der Waals surface area (Å²) in [6, 6.07) is 17.2. The number of amides is 1. The van der Waals surface area contributed by atoms with E-state index in [0.29, 0.717) is 34.4 Å². The van der Waals surface area contributed by atoms with Crippen molar-refractivity contribution in [2.24, 2.45) is 0 Å². The second kappa shape index (κ2) is 12.1.